The number of rotatable bonds is 6. The fourth-order valence-corrected chi connectivity index (χ4v) is 3.54. The van der Waals surface area contributed by atoms with Gasteiger partial charge in [-0.3, -0.25) is 13.9 Å². The van der Waals surface area contributed by atoms with Crippen LogP contribution in [0, 0.1) is 12.8 Å². The number of benzene rings is 2. The Hall–Kier alpha value is -3.41. The van der Waals surface area contributed by atoms with Gasteiger partial charge in [-0.15, -0.1) is 0 Å². The van der Waals surface area contributed by atoms with Gasteiger partial charge in [0.25, 0.3) is 5.56 Å². The maximum atomic E-state index is 13.3. The van der Waals surface area contributed by atoms with Crippen molar-refractivity contribution in [2.75, 3.05) is 0 Å². The molecule has 6 nitrogen and oxygen atoms in total. The van der Waals surface area contributed by atoms with Crippen LogP contribution < -0.4 is 11.2 Å². The molecule has 2 heterocycles. The summed E-state index contributed by atoms with van der Waals surface area (Å²) in [4.78, 5) is 30.9. The lowest BCUT2D eigenvalue weighted by atomic mass is 10.1. The second kappa shape index (κ2) is 8.14. The number of hydrogen-bond acceptors (Lipinski definition) is 4. The third-order valence-corrected chi connectivity index (χ3v) is 5.28. The molecule has 4 rings (SSSR count). The summed E-state index contributed by atoms with van der Waals surface area (Å²) in [5, 5.41) is 0.533. The van der Waals surface area contributed by atoms with Crippen molar-refractivity contribution in [2.45, 2.75) is 40.3 Å². The van der Waals surface area contributed by atoms with Crippen molar-refractivity contribution in [1.29, 1.82) is 0 Å². The van der Waals surface area contributed by atoms with E-state index >= 15 is 0 Å². The van der Waals surface area contributed by atoms with Crippen molar-refractivity contribution in [2.24, 2.45) is 5.92 Å². The van der Waals surface area contributed by atoms with E-state index < -0.39 is 0 Å². The quantitative estimate of drug-likeness (QED) is 0.483. The summed E-state index contributed by atoms with van der Waals surface area (Å²) in [7, 11) is 0. The number of aryl methyl sites for hydroxylation is 1. The molecule has 0 saturated heterocycles. The van der Waals surface area contributed by atoms with Crippen molar-refractivity contribution in [3.63, 3.8) is 0 Å². The largest absolute Gasteiger partial charge is 0.441 e. The van der Waals surface area contributed by atoms with Crippen molar-refractivity contribution in [3.8, 4) is 11.5 Å². The van der Waals surface area contributed by atoms with Crippen molar-refractivity contribution in [3.05, 3.63) is 86.9 Å². The second-order valence-electron chi connectivity index (χ2n) is 7.91. The molecule has 0 unspecified atom stereocenters. The number of oxazole rings is 1. The number of nitrogens with zero attached hydrogens (tertiary/aromatic N) is 3. The van der Waals surface area contributed by atoms with E-state index in [0.717, 1.165) is 12.0 Å². The lowest BCUT2D eigenvalue weighted by Gasteiger charge is -2.14. The summed E-state index contributed by atoms with van der Waals surface area (Å²) >= 11 is 0. The van der Waals surface area contributed by atoms with Gasteiger partial charge in [0.2, 0.25) is 5.89 Å². The minimum Gasteiger partial charge on any atom is -0.441 e. The normalized spacial score (nSPS) is 11.5. The van der Waals surface area contributed by atoms with Crippen LogP contribution in [0.15, 0.2) is 68.6 Å². The van der Waals surface area contributed by atoms with Crippen LogP contribution in [0.1, 0.15) is 31.7 Å². The Labute approximate surface area is 174 Å². The summed E-state index contributed by atoms with van der Waals surface area (Å²) in [6.07, 6.45) is 0.759. The van der Waals surface area contributed by atoms with Gasteiger partial charge in [-0.25, -0.2) is 9.78 Å². The lowest BCUT2D eigenvalue weighted by molar-refractivity contribution is 0.484. The molecule has 0 radical (unpaired) electrons. The highest BCUT2D eigenvalue weighted by Crippen LogP contribution is 2.22. The average molecular weight is 403 g/mol. The van der Waals surface area contributed by atoms with Gasteiger partial charge >= 0.3 is 5.69 Å². The first-order valence-electron chi connectivity index (χ1n) is 10.2. The SMILES string of the molecule is Cc1oc(-c2ccccc2)nc1Cn1c(=O)n(CCC(C)C)c(=O)c2ccccc21. The summed E-state index contributed by atoms with van der Waals surface area (Å²) < 4.78 is 8.83. The smallest absolute Gasteiger partial charge is 0.331 e. The van der Waals surface area contributed by atoms with Gasteiger partial charge in [0.1, 0.15) is 11.5 Å². The molecule has 154 valence electrons. The Morgan fingerprint density at radius 1 is 0.967 bits per heavy atom. The average Bonchev–Trinajstić information content (AvgIpc) is 3.12. The number of hydrogen-bond donors (Lipinski definition) is 0. The number of aromatic nitrogens is 3. The predicted molar refractivity (Wildman–Crippen MR) is 118 cm³/mol. The van der Waals surface area contributed by atoms with Gasteiger partial charge in [-0.05, 0) is 43.5 Å². The van der Waals surface area contributed by atoms with Gasteiger partial charge in [0.15, 0.2) is 0 Å². The van der Waals surface area contributed by atoms with Crippen LogP contribution in [0.5, 0.6) is 0 Å². The zero-order valence-electron chi connectivity index (χ0n) is 17.5. The zero-order chi connectivity index (χ0) is 21.3. The van der Waals surface area contributed by atoms with E-state index in [-0.39, 0.29) is 17.8 Å². The molecule has 0 bridgehead atoms. The molecule has 0 amide bonds. The first-order chi connectivity index (χ1) is 14.5. The number of fused-ring (bicyclic) bond motifs is 1. The summed E-state index contributed by atoms with van der Waals surface area (Å²) in [5.74, 6) is 1.57. The minimum atomic E-state index is -0.317. The summed E-state index contributed by atoms with van der Waals surface area (Å²) in [5.41, 5.74) is 1.61. The van der Waals surface area contributed by atoms with E-state index in [2.05, 4.69) is 18.8 Å². The molecule has 0 aliphatic rings. The third-order valence-electron chi connectivity index (χ3n) is 5.28. The van der Waals surface area contributed by atoms with Crippen molar-refractivity contribution >= 4 is 10.9 Å². The highest BCUT2D eigenvalue weighted by molar-refractivity contribution is 5.77. The van der Waals surface area contributed by atoms with Crippen LogP contribution >= 0.6 is 0 Å². The predicted octanol–water partition coefficient (Wildman–Crippen LogP) is 4.22. The standard InChI is InChI=1S/C24H25N3O3/c1-16(2)13-14-26-23(28)19-11-7-8-12-21(19)27(24(26)29)15-20-17(3)30-22(25-20)18-9-5-4-6-10-18/h4-12,16H,13-15H2,1-3H3. The maximum Gasteiger partial charge on any atom is 0.331 e. The first-order valence-corrected chi connectivity index (χ1v) is 10.2. The van der Waals surface area contributed by atoms with Crippen LogP contribution in [-0.4, -0.2) is 14.1 Å². The number of para-hydroxylation sites is 1. The topological polar surface area (TPSA) is 70.0 Å². The molecular weight excluding hydrogens is 378 g/mol. The van der Waals surface area contributed by atoms with Crippen LogP contribution in [0.3, 0.4) is 0 Å². The Morgan fingerprint density at radius 3 is 2.40 bits per heavy atom. The molecule has 0 atom stereocenters. The van der Waals surface area contributed by atoms with E-state index in [1.165, 1.54) is 4.57 Å². The van der Waals surface area contributed by atoms with Crippen LogP contribution in [0.25, 0.3) is 22.4 Å². The molecule has 0 saturated carbocycles. The maximum absolute atomic E-state index is 13.3. The molecule has 30 heavy (non-hydrogen) atoms. The van der Waals surface area contributed by atoms with Gasteiger partial charge in [-0.1, -0.05) is 44.2 Å². The van der Waals surface area contributed by atoms with Crippen LogP contribution in [-0.2, 0) is 13.1 Å². The Kier molecular flexibility index (Phi) is 5.40. The van der Waals surface area contributed by atoms with E-state index in [1.54, 1.807) is 16.7 Å². The second-order valence-corrected chi connectivity index (χ2v) is 7.91. The fourth-order valence-electron chi connectivity index (χ4n) is 3.54. The molecule has 6 heteroatoms. The van der Waals surface area contributed by atoms with Crippen LogP contribution in [0.2, 0.25) is 0 Å². The van der Waals surface area contributed by atoms with E-state index in [9.17, 15) is 9.59 Å². The van der Waals surface area contributed by atoms with Crippen molar-refractivity contribution < 1.29 is 4.42 Å². The first kappa shape index (κ1) is 19.9. The Bertz CT molecular complexity index is 1300. The van der Waals surface area contributed by atoms with Crippen LogP contribution in [0.4, 0.5) is 0 Å². The lowest BCUT2D eigenvalue weighted by Crippen LogP contribution is -2.40. The zero-order valence-corrected chi connectivity index (χ0v) is 17.5. The molecule has 2 aromatic heterocycles. The molecule has 0 spiro atoms. The van der Waals surface area contributed by atoms with Gasteiger partial charge in [0.05, 0.1) is 17.4 Å². The third kappa shape index (κ3) is 3.73. The molecule has 4 aromatic rings. The highest BCUT2D eigenvalue weighted by Gasteiger charge is 2.17. The molecule has 0 N–H and O–H groups in total. The summed E-state index contributed by atoms with van der Waals surface area (Å²) in [6, 6.07) is 16.9. The minimum absolute atomic E-state index is 0.240. The molecule has 0 aliphatic carbocycles. The van der Waals surface area contributed by atoms with Crippen molar-refractivity contribution in [1.82, 2.24) is 14.1 Å². The van der Waals surface area contributed by atoms with E-state index in [1.807, 2.05) is 49.4 Å². The fraction of sp³-hybridized carbons (Fsp3) is 0.292. The molecular formula is C24H25N3O3. The van der Waals surface area contributed by atoms with Gasteiger partial charge in [0, 0.05) is 12.1 Å². The summed E-state index contributed by atoms with van der Waals surface area (Å²) in [6.45, 7) is 6.64. The Balaban J connectivity index is 1.82. The van der Waals surface area contributed by atoms with E-state index in [0.29, 0.717) is 40.7 Å². The van der Waals surface area contributed by atoms with E-state index in [4.69, 9.17) is 4.42 Å². The Morgan fingerprint density at radius 2 is 1.67 bits per heavy atom. The molecule has 0 aliphatic heterocycles. The monoisotopic (exact) mass is 403 g/mol. The molecule has 2 aromatic carbocycles. The molecule has 0 fully saturated rings. The van der Waals surface area contributed by atoms with Gasteiger partial charge in [-0.2, -0.15) is 0 Å². The van der Waals surface area contributed by atoms with Gasteiger partial charge < -0.3 is 4.42 Å². The highest BCUT2D eigenvalue weighted by atomic mass is 16.4.